The number of nitrogens with zero attached hydrogens (tertiary/aromatic N) is 1. The van der Waals surface area contributed by atoms with Crippen LogP contribution in [0.1, 0.15) is 51.9 Å². The third-order valence-corrected chi connectivity index (χ3v) is 6.60. The highest BCUT2D eigenvalue weighted by atomic mass is 32.2. The molecule has 3 rings (SSSR count). The zero-order valence-electron chi connectivity index (χ0n) is 11.8. The Bertz CT molecular complexity index is 354. The Kier molecular flexibility index (Phi) is 3.82. The van der Waals surface area contributed by atoms with Crippen molar-refractivity contribution in [1.82, 2.24) is 4.90 Å². The first-order valence-electron chi connectivity index (χ1n) is 7.72. The van der Waals surface area contributed by atoms with Crippen molar-refractivity contribution in [3.05, 3.63) is 0 Å². The highest BCUT2D eigenvalue weighted by molar-refractivity contribution is 8.00. The van der Waals surface area contributed by atoms with Crippen LogP contribution in [0.15, 0.2) is 0 Å². The average Bonchev–Trinajstić information content (AvgIpc) is 2.86. The van der Waals surface area contributed by atoms with Gasteiger partial charge in [-0.2, -0.15) is 0 Å². The van der Waals surface area contributed by atoms with Crippen LogP contribution in [0.5, 0.6) is 0 Å². The van der Waals surface area contributed by atoms with E-state index in [2.05, 4.69) is 4.90 Å². The van der Waals surface area contributed by atoms with Crippen molar-refractivity contribution >= 4 is 17.7 Å². The summed E-state index contributed by atoms with van der Waals surface area (Å²) in [5.41, 5.74) is 0.330. The molecule has 0 radical (unpaired) electrons. The van der Waals surface area contributed by atoms with E-state index in [1.807, 2.05) is 6.92 Å². The molecule has 1 heterocycles. The Morgan fingerprint density at radius 2 is 2.05 bits per heavy atom. The van der Waals surface area contributed by atoms with Crippen LogP contribution in [0.3, 0.4) is 0 Å². The van der Waals surface area contributed by atoms with Gasteiger partial charge in [0.2, 0.25) is 5.91 Å². The molecule has 0 aromatic rings. The van der Waals surface area contributed by atoms with Crippen LogP contribution in [0.2, 0.25) is 0 Å². The van der Waals surface area contributed by atoms with Crippen molar-refractivity contribution < 1.29 is 9.90 Å². The number of hydrogen-bond acceptors (Lipinski definition) is 3. The predicted octanol–water partition coefficient (Wildman–Crippen LogP) is 2.42. The van der Waals surface area contributed by atoms with Gasteiger partial charge in [-0.1, -0.05) is 12.8 Å². The van der Waals surface area contributed by atoms with E-state index >= 15 is 0 Å². The molecule has 2 aliphatic carbocycles. The molecule has 4 heteroatoms. The van der Waals surface area contributed by atoms with E-state index < -0.39 is 0 Å². The van der Waals surface area contributed by atoms with Crippen molar-refractivity contribution in [3.8, 4) is 0 Å². The van der Waals surface area contributed by atoms with E-state index in [9.17, 15) is 9.90 Å². The maximum Gasteiger partial charge on any atom is 0.235 e. The van der Waals surface area contributed by atoms with Gasteiger partial charge in [-0.05, 0) is 44.4 Å². The van der Waals surface area contributed by atoms with Crippen molar-refractivity contribution in [2.45, 2.75) is 69.3 Å². The number of carbonyl (C=O) groups excluding carboxylic acids is 1. The largest absolute Gasteiger partial charge is 0.393 e. The number of aliphatic hydroxyl groups excluding tert-OH is 1. The Labute approximate surface area is 120 Å². The molecule has 1 spiro atoms. The van der Waals surface area contributed by atoms with E-state index in [-0.39, 0.29) is 11.4 Å². The minimum absolute atomic E-state index is 0.103. The summed E-state index contributed by atoms with van der Waals surface area (Å²) in [6.45, 7) is 2.91. The number of thioether (sulfide) groups is 1. The summed E-state index contributed by atoms with van der Waals surface area (Å²) < 4.78 is 0. The normalized spacial score (nSPS) is 38.9. The fourth-order valence-electron chi connectivity index (χ4n) is 4.42. The van der Waals surface area contributed by atoms with Crippen LogP contribution in [0, 0.1) is 5.41 Å². The third kappa shape index (κ3) is 2.42. The van der Waals surface area contributed by atoms with Crippen molar-refractivity contribution in [1.29, 1.82) is 0 Å². The Morgan fingerprint density at radius 3 is 2.79 bits per heavy atom. The molecular weight excluding hydrogens is 258 g/mol. The number of carbonyl (C=O) groups is 1. The summed E-state index contributed by atoms with van der Waals surface area (Å²) in [5.74, 6) is 1.36. The molecule has 0 aromatic carbocycles. The minimum Gasteiger partial charge on any atom is -0.393 e. The predicted molar refractivity (Wildman–Crippen MR) is 78.2 cm³/mol. The molecule has 3 atom stereocenters. The first-order chi connectivity index (χ1) is 9.12. The molecule has 108 valence electrons. The lowest BCUT2D eigenvalue weighted by atomic mass is 9.67. The van der Waals surface area contributed by atoms with Gasteiger partial charge in [-0.3, -0.25) is 4.79 Å². The monoisotopic (exact) mass is 283 g/mol. The third-order valence-electron chi connectivity index (χ3n) is 5.48. The van der Waals surface area contributed by atoms with Gasteiger partial charge in [0, 0.05) is 18.3 Å². The summed E-state index contributed by atoms with van der Waals surface area (Å²) in [5, 5.41) is 10.2. The number of hydrogen-bond donors (Lipinski definition) is 1. The zero-order valence-corrected chi connectivity index (χ0v) is 12.6. The van der Waals surface area contributed by atoms with Crippen LogP contribution in [-0.4, -0.2) is 45.6 Å². The fourth-order valence-corrected chi connectivity index (χ4v) is 5.35. The van der Waals surface area contributed by atoms with E-state index in [1.165, 1.54) is 25.7 Å². The molecule has 1 amide bonds. The van der Waals surface area contributed by atoms with E-state index in [4.69, 9.17) is 0 Å². The topological polar surface area (TPSA) is 40.5 Å². The smallest absolute Gasteiger partial charge is 0.235 e. The van der Waals surface area contributed by atoms with E-state index in [0.717, 1.165) is 31.6 Å². The van der Waals surface area contributed by atoms with Gasteiger partial charge in [0.15, 0.2) is 0 Å². The van der Waals surface area contributed by atoms with Crippen LogP contribution < -0.4 is 0 Å². The molecule has 1 N–H and O–H groups in total. The Balaban J connectivity index is 1.84. The SMILES string of the molecule is CC1SCCN(C2CC(O)CCC23CCCC3)C1=O. The van der Waals surface area contributed by atoms with Gasteiger partial charge >= 0.3 is 0 Å². The first kappa shape index (κ1) is 13.7. The first-order valence-corrected chi connectivity index (χ1v) is 8.77. The molecule has 1 saturated heterocycles. The van der Waals surface area contributed by atoms with Crippen LogP contribution in [-0.2, 0) is 4.79 Å². The van der Waals surface area contributed by atoms with Gasteiger partial charge in [0.1, 0.15) is 0 Å². The quantitative estimate of drug-likeness (QED) is 0.803. The molecule has 3 nitrogen and oxygen atoms in total. The second-order valence-corrected chi connectivity index (χ2v) is 8.01. The molecule has 19 heavy (non-hydrogen) atoms. The van der Waals surface area contributed by atoms with Crippen molar-refractivity contribution in [3.63, 3.8) is 0 Å². The van der Waals surface area contributed by atoms with Gasteiger partial charge in [-0.25, -0.2) is 0 Å². The zero-order chi connectivity index (χ0) is 13.5. The van der Waals surface area contributed by atoms with Crippen molar-refractivity contribution in [2.75, 3.05) is 12.3 Å². The van der Waals surface area contributed by atoms with Crippen LogP contribution in [0.25, 0.3) is 0 Å². The Morgan fingerprint density at radius 1 is 1.32 bits per heavy atom. The highest BCUT2D eigenvalue weighted by Crippen LogP contribution is 2.51. The number of aliphatic hydroxyl groups is 1. The second-order valence-electron chi connectivity index (χ2n) is 6.56. The summed E-state index contributed by atoms with van der Waals surface area (Å²) in [4.78, 5) is 14.6. The summed E-state index contributed by atoms with van der Waals surface area (Å²) in [6.07, 6.45) is 7.79. The lowest BCUT2D eigenvalue weighted by Gasteiger charge is -2.50. The molecule has 1 aliphatic heterocycles. The standard InChI is InChI=1S/C15H25NO2S/c1-11-14(18)16(8-9-19-11)13-10-12(17)4-7-15(13)5-2-3-6-15/h11-13,17H,2-10H2,1H3. The van der Waals surface area contributed by atoms with Gasteiger partial charge in [-0.15, -0.1) is 11.8 Å². The lowest BCUT2D eigenvalue weighted by Crippen LogP contribution is -2.57. The summed E-state index contributed by atoms with van der Waals surface area (Å²) in [6, 6.07) is 0.301. The molecule has 3 aliphatic rings. The van der Waals surface area contributed by atoms with Crippen LogP contribution in [0.4, 0.5) is 0 Å². The second kappa shape index (κ2) is 5.28. The van der Waals surface area contributed by atoms with Crippen molar-refractivity contribution in [2.24, 2.45) is 5.41 Å². The maximum absolute atomic E-state index is 12.5. The molecule has 0 bridgehead atoms. The number of amides is 1. The molecule has 0 aromatic heterocycles. The molecule has 3 fully saturated rings. The fraction of sp³-hybridized carbons (Fsp3) is 0.933. The van der Waals surface area contributed by atoms with Gasteiger partial charge < -0.3 is 10.0 Å². The van der Waals surface area contributed by atoms with Gasteiger partial charge in [0.05, 0.1) is 11.4 Å². The maximum atomic E-state index is 12.5. The Hall–Kier alpha value is -0.220. The molecule has 2 saturated carbocycles. The van der Waals surface area contributed by atoms with Crippen LogP contribution >= 0.6 is 11.8 Å². The summed E-state index contributed by atoms with van der Waals surface area (Å²) >= 11 is 1.77. The molecule has 3 unspecified atom stereocenters. The highest BCUT2D eigenvalue weighted by Gasteiger charge is 2.49. The average molecular weight is 283 g/mol. The van der Waals surface area contributed by atoms with Gasteiger partial charge in [0.25, 0.3) is 0 Å². The lowest BCUT2D eigenvalue weighted by molar-refractivity contribution is -0.139. The summed E-state index contributed by atoms with van der Waals surface area (Å²) in [7, 11) is 0. The van der Waals surface area contributed by atoms with E-state index in [1.54, 1.807) is 11.8 Å². The minimum atomic E-state index is -0.200. The van der Waals surface area contributed by atoms with E-state index in [0.29, 0.717) is 17.4 Å². The molecular formula is C15H25NO2S. The number of rotatable bonds is 1.